The van der Waals surface area contributed by atoms with Crippen molar-refractivity contribution in [3.05, 3.63) is 54.6 Å². The number of hydrogen-bond donors (Lipinski definition) is 1. The Bertz CT molecular complexity index is 888. The van der Waals surface area contributed by atoms with Crippen molar-refractivity contribution < 1.29 is 18.8 Å². The highest BCUT2D eigenvalue weighted by atomic mass is 16.5. The van der Waals surface area contributed by atoms with Gasteiger partial charge in [-0.25, -0.2) is 4.98 Å². The molecule has 2 heterocycles. The van der Waals surface area contributed by atoms with Crippen LogP contribution < -0.4 is 4.90 Å². The summed E-state index contributed by atoms with van der Waals surface area (Å²) in [6.45, 7) is 6.13. The van der Waals surface area contributed by atoms with Gasteiger partial charge in [-0.3, -0.25) is 4.79 Å². The fourth-order valence-electron chi connectivity index (χ4n) is 5.21. The van der Waals surface area contributed by atoms with Crippen LogP contribution in [-0.4, -0.2) is 61.7 Å². The number of carbonyl (C=O) groups is 1. The molecule has 158 valence electrons. The second kappa shape index (κ2) is 8.74. The van der Waals surface area contributed by atoms with E-state index < -0.39 is 0 Å². The summed E-state index contributed by atoms with van der Waals surface area (Å²) in [7, 11) is 0. The minimum Gasteiger partial charge on any atom is -0.443 e. The minimum atomic E-state index is -0.0120. The molecule has 3 atom stereocenters. The maximum atomic E-state index is 13.6. The van der Waals surface area contributed by atoms with Crippen LogP contribution in [0.25, 0.3) is 11.3 Å². The average Bonchev–Trinajstić information content (AvgIpc) is 3.54. The lowest BCUT2D eigenvalue weighted by Gasteiger charge is -2.30. The van der Waals surface area contributed by atoms with Crippen LogP contribution in [0.15, 0.2) is 53.3 Å². The maximum Gasteiger partial charge on any atom is 0.276 e. The van der Waals surface area contributed by atoms with Gasteiger partial charge in [0.15, 0.2) is 17.8 Å². The van der Waals surface area contributed by atoms with E-state index in [0.29, 0.717) is 29.2 Å². The summed E-state index contributed by atoms with van der Waals surface area (Å²) in [6.07, 6.45) is 8.55. The van der Waals surface area contributed by atoms with Gasteiger partial charge in [-0.2, -0.15) is 0 Å². The van der Waals surface area contributed by atoms with Crippen LogP contribution in [0.4, 0.5) is 0 Å². The van der Waals surface area contributed by atoms with E-state index in [1.54, 1.807) is 0 Å². The molecule has 30 heavy (non-hydrogen) atoms. The van der Waals surface area contributed by atoms with Gasteiger partial charge in [-0.15, -0.1) is 0 Å². The van der Waals surface area contributed by atoms with Gasteiger partial charge in [-0.1, -0.05) is 42.5 Å². The molecule has 0 unspecified atom stereocenters. The fraction of sp³-hybridized carbons (Fsp3) is 0.500. The molecule has 1 aliphatic heterocycles. The van der Waals surface area contributed by atoms with Gasteiger partial charge < -0.3 is 19.0 Å². The molecule has 0 radical (unpaired) electrons. The highest BCUT2D eigenvalue weighted by Crippen LogP contribution is 2.43. The van der Waals surface area contributed by atoms with Crippen molar-refractivity contribution in [2.75, 3.05) is 45.9 Å². The Morgan fingerprint density at radius 3 is 2.70 bits per heavy atom. The number of amides is 1. The molecule has 2 bridgehead atoms. The van der Waals surface area contributed by atoms with E-state index in [4.69, 9.17) is 9.15 Å². The van der Waals surface area contributed by atoms with Gasteiger partial charge in [0.1, 0.15) is 13.1 Å². The predicted molar refractivity (Wildman–Crippen MR) is 113 cm³/mol. The topological polar surface area (TPSA) is 60.0 Å². The summed E-state index contributed by atoms with van der Waals surface area (Å²) in [5, 5.41) is 0. The highest BCUT2D eigenvalue weighted by Gasteiger charge is 2.38. The van der Waals surface area contributed by atoms with Gasteiger partial charge in [0.05, 0.1) is 26.3 Å². The van der Waals surface area contributed by atoms with Gasteiger partial charge >= 0.3 is 0 Å². The smallest absolute Gasteiger partial charge is 0.276 e. The third-order valence-electron chi connectivity index (χ3n) is 6.90. The van der Waals surface area contributed by atoms with E-state index >= 15 is 0 Å². The molecule has 5 rings (SSSR count). The molecular weight excluding hydrogens is 378 g/mol. The molecule has 3 aliphatic rings. The Morgan fingerprint density at radius 1 is 1.13 bits per heavy atom. The van der Waals surface area contributed by atoms with Crippen molar-refractivity contribution in [1.29, 1.82) is 0 Å². The molecule has 0 spiro atoms. The Balaban J connectivity index is 1.34. The fourth-order valence-corrected chi connectivity index (χ4v) is 5.21. The summed E-state index contributed by atoms with van der Waals surface area (Å²) in [5.74, 6) is 2.43. The van der Waals surface area contributed by atoms with E-state index in [2.05, 4.69) is 17.1 Å². The van der Waals surface area contributed by atoms with Gasteiger partial charge in [0.2, 0.25) is 0 Å². The molecule has 2 aromatic rings. The zero-order valence-corrected chi connectivity index (χ0v) is 17.3. The molecule has 1 saturated carbocycles. The second-order valence-electron chi connectivity index (χ2n) is 8.80. The maximum absolute atomic E-state index is 13.6. The number of rotatable bonds is 7. The third-order valence-corrected chi connectivity index (χ3v) is 6.90. The van der Waals surface area contributed by atoms with Crippen molar-refractivity contribution in [2.45, 2.75) is 12.8 Å². The average molecular weight is 409 g/mol. The lowest BCUT2D eigenvalue weighted by Crippen LogP contribution is -3.14. The minimum absolute atomic E-state index is 0.0120. The third kappa shape index (κ3) is 4.07. The van der Waals surface area contributed by atoms with Crippen LogP contribution >= 0.6 is 0 Å². The molecule has 1 aromatic heterocycles. The number of oxazole rings is 1. The molecule has 1 aromatic carbocycles. The number of carbonyl (C=O) groups excluding carboxylic acids is 1. The van der Waals surface area contributed by atoms with Gasteiger partial charge in [0, 0.05) is 12.1 Å². The number of allylic oxidation sites excluding steroid dienone is 2. The number of morpholine rings is 1. The number of hydrogen-bond acceptors (Lipinski definition) is 4. The summed E-state index contributed by atoms with van der Waals surface area (Å²) in [5.41, 5.74) is 1.32. The number of aromatic nitrogens is 1. The van der Waals surface area contributed by atoms with E-state index in [9.17, 15) is 4.79 Å². The zero-order valence-electron chi connectivity index (χ0n) is 17.3. The summed E-state index contributed by atoms with van der Waals surface area (Å²) in [4.78, 5) is 21.5. The van der Waals surface area contributed by atoms with Crippen LogP contribution in [0.3, 0.4) is 0 Å². The number of quaternary nitrogens is 1. The normalized spacial score (nSPS) is 25.7. The van der Waals surface area contributed by atoms with Crippen LogP contribution in [0.1, 0.15) is 23.3 Å². The number of nitrogens with one attached hydrogen (secondary N) is 1. The summed E-state index contributed by atoms with van der Waals surface area (Å²) < 4.78 is 11.1. The van der Waals surface area contributed by atoms with Crippen molar-refractivity contribution in [2.24, 2.45) is 17.8 Å². The second-order valence-corrected chi connectivity index (χ2v) is 8.80. The van der Waals surface area contributed by atoms with E-state index in [1.165, 1.54) is 24.1 Å². The van der Waals surface area contributed by atoms with E-state index in [-0.39, 0.29) is 5.91 Å². The molecule has 2 aliphatic carbocycles. The largest absolute Gasteiger partial charge is 0.443 e. The van der Waals surface area contributed by atoms with Crippen molar-refractivity contribution in [1.82, 2.24) is 9.88 Å². The number of ether oxygens (including phenoxy) is 1. The van der Waals surface area contributed by atoms with Crippen LogP contribution in [-0.2, 0) is 4.74 Å². The Labute approximate surface area is 177 Å². The molecule has 1 N–H and O–H groups in total. The molecular formula is C24H30N3O3+. The van der Waals surface area contributed by atoms with E-state index in [0.717, 1.165) is 51.5 Å². The SMILES string of the molecule is O=C(c1ncoc1-c1ccccc1)N(CC[NH+]1CCOCC1)C[C@@H]1C[C@@H]2C=C[C@H]1C2. The monoisotopic (exact) mass is 408 g/mol. The summed E-state index contributed by atoms with van der Waals surface area (Å²) >= 11 is 0. The van der Waals surface area contributed by atoms with Crippen LogP contribution in [0.5, 0.6) is 0 Å². The number of benzene rings is 1. The Morgan fingerprint density at radius 2 is 1.97 bits per heavy atom. The van der Waals surface area contributed by atoms with Crippen molar-refractivity contribution in [3.63, 3.8) is 0 Å². The van der Waals surface area contributed by atoms with Gasteiger partial charge in [-0.05, 0) is 30.6 Å². The highest BCUT2D eigenvalue weighted by molar-refractivity contribution is 5.97. The van der Waals surface area contributed by atoms with Crippen molar-refractivity contribution in [3.8, 4) is 11.3 Å². The predicted octanol–water partition coefficient (Wildman–Crippen LogP) is 1.91. The summed E-state index contributed by atoms with van der Waals surface area (Å²) in [6, 6.07) is 9.78. The quantitative estimate of drug-likeness (QED) is 0.711. The van der Waals surface area contributed by atoms with Crippen LogP contribution in [0, 0.1) is 17.8 Å². The number of nitrogens with zero attached hydrogens (tertiary/aromatic N) is 2. The Kier molecular flexibility index (Phi) is 5.69. The molecule has 1 amide bonds. The van der Waals surface area contributed by atoms with Crippen LogP contribution in [0.2, 0.25) is 0 Å². The lowest BCUT2D eigenvalue weighted by molar-refractivity contribution is -0.907. The first-order valence-electron chi connectivity index (χ1n) is 11.2. The molecule has 1 saturated heterocycles. The lowest BCUT2D eigenvalue weighted by atomic mass is 9.93. The standard InChI is InChI=1S/C24H29N3O3/c28-24(22-23(30-17-25-22)19-4-2-1-3-5-19)27(9-8-26-10-12-29-13-11-26)16-21-15-18-6-7-20(21)14-18/h1-7,17-18,20-21H,8-16H2/p+1/t18-,20+,21+/m1/s1. The Hall–Kier alpha value is -2.44. The first kappa shape index (κ1) is 19.5. The molecule has 6 heteroatoms. The first-order chi connectivity index (χ1) is 14.8. The zero-order chi connectivity index (χ0) is 20.3. The first-order valence-corrected chi connectivity index (χ1v) is 11.2. The van der Waals surface area contributed by atoms with Gasteiger partial charge in [0.25, 0.3) is 5.91 Å². The van der Waals surface area contributed by atoms with E-state index in [1.807, 2.05) is 35.2 Å². The molecule has 2 fully saturated rings. The van der Waals surface area contributed by atoms with Crippen molar-refractivity contribution >= 4 is 5.91 Å². The number of fused-ring (bicyclic) bond motifs is 2. The molecule has 6 nitrogen and oxygen atoms in total.